The maximum absolute atomic E-state index is 8.82. The van der Waals surface area contributed by atoms with Gasteiger partial charge < -0.3 is 5.32 Å². The fourth-order valence-electron chi connectivity index (χ4n) is 3.00. The molecule has 0 heterocycles. The average Bonchev–Trinajstić information content (AvgIpc) is 2.43. The third-order valence-corrected chi connectivity index (χ3v) is 4.62. The standard InChI is InChI=1S/C17H24N2/c1-12-4-9-17(10-13(12)2)19-14(3)16-7-5-15(11-18)6-8-16/h5-8,12-14,17,19H,4,9-10H2,1-3H3. The first-order valence-electron chi connectivity index (χ1n) is 7.36. The Bertz CT molecular complexity index is 443. The van der Waals surface area contributed by atoms with Gasteiger partial charge in [-0.15, -0.1) is 0 Å². The summed E-state index contributed by atoms with van der Waals surface area (Å²) < 4.78 is 0. The summed E-state index contributed by atoms with van der Waals surface area (Å²) in [5.74, 6) is 1.68. The quantitative estimate of drug-likeness (QED) is 0.886. The number of nitriles is 1. The third-order valence-electron chi connectivity index (χ3n) is 4.62. The van der Waals surface area contributed by atoms with Crippen LogP contribution in [0.1, 0.15) is 57.2 Å². The molecule has 0 bridgehead atoms. The predicted molar refractivity (Wildman–Crippen MR) is 78.7 cm³/mol. The van der Waals surface area contributed by atoms with Crippen LogP contribution in [0.3, 0.4) is 0 Å². The molecule has 19 heavy (non-hydrogen) atoms. The van der Waals surface area contributed by atoms with Crippen molar-refractivity contribution in [1.82, 2.24) is 5.32 Å². The lowest BCUT2D eigenvalue weighted by molar-refractivity contribution is 0.217. The van der Waals surface area contributed by atoms with Crippen molar-refractivity contribution in [2.45, 2.75) is 52.1 Å². The van der Waals surface area contributed by atoms with E-state index in [-0.39, 0.29) is 0 Å². The zero-order valence-corrected chi connectivity index (χ0v) is 12.2. The molecule has 2 rings (SSSR count). The summed E-state index contributed by atoms with van der Waals surface area (Å²) in [5.41, 5.74) is 2.00. The highest BCUT2D eigenvalue weighted by Gasteiger charge is 2.25. The number of hydrogen-bond acceptors (Lipinski definition) is 2. The first-order valence-corrected chi connectivity index (χ1v) is 7.36. The Morgan fingerprint density at radius 3 is 2.42 bits per heavy atom. The Kier molecular flexibility index (Phi) is 4.61. The van der Waals surface area contributed by atoms with Gasteiger partial charge >= 0.3 is 0 Å². The van der Waals surface area contributed by atoms with E-state index in [2.05, 4.69) is 44.3 Å². The highest BCUT2D eigenvalue weighted by atomic mass is 14.9. The van der Waals surface area contributed by atoms with Gasteiger partial charge in [-0.05, 0) is 55.7 Å². The third kappa shape index (κ3) is 3.58. The number of rotatable bonds is 3. The molecule has 0 amide bonds. The molecule has 1 N–H and O–H groups in total. The summed E-state index contributed by atoms with van der Waals surface area (Å²) >= 11 is 0. The van der Waals surface area contributed by atoms with Gasteiger partial charge in [0.1, 0.15) is 0 Å². The number of nitrogens with zero attached hydrogens (tertiary/aromatic N) is 1. The SMILES string of the molecule is CC(NC1CCC(C)C(C)C1)c1ccc(C#N)cc1. The zero-order chi connectivity index (χ0) is 13.8. The molecule has 0 spiro atoms. The second-order valence-corrected chi connectivity index (χ2v) is 6.09. The predicted octanol–water partition coefficient (Wildman–Crippen LogP) is 4.03. The van der Waals surface area contributed by atoms with Gasteiger partial charge in [-0.3, -0.25) is 0 Å². The van der Waals surface area contributed by atoms with Gasteiger partial charge in [0.25, 0.3) is 0 Å². The van der Waals surface area contributed by atoms with Gasteiger partial charge in [0.2, 0.25) is 0 Å². The monoisotopic (exact) mass is 256 g/mol. The molecular weight excluding hydrogens is 232 g/mol. The Balaban J connectivity index is 1.93. The van der Waals surface area contributed by atoms with E-state index >= 15 is 0 Å². The minimum absolute atomic E-state index is 0.360. The van der Waals surface area contributed by atoms with E-state index in [1.807, 2.05) is 12.1 Å². The van der Waals surface area contributed by atoms with Crippen LogP contribution in [0.2, 0.25) is 0 Å². The maximum Gasteiger partial charge on any atom is 0.0991 e. The lowest BCUT2D eigenvalue weighted by atomic mass is 9.79. The number of hydrogen-bond donors (Lipinski definition) is 1. The number of benzene rings is 1. The first-order chi connectivity index (χ1) is 9.10. The Hall–Kier alpha value is -1.33. The number of nitrogens with one attached hydrogen (secondary N) is 1. The fraction of sp³-hybridized carbons (Fsp3) is 0.588. The van der Waals surface area contributed by atoms with Crippen molar-refractivity contribution < 1.29 is 0 Å². The van der Waals surface area contributed by atoms with Crippen LogP contribution in [0.5, 0.6) is 0 Å². The van der Waals surface area contributed by atoms with Crippen molar-refractivity contribution in [3.63, 3.8) is 0 Å². The summed E-state index contributed by atoms with van der Waals surface area (Å²) in [4.78, 5) is 0. The normalized spacial score (nSPS) is 28.6. The zero-order valence-electron chi connectivity index (χ0n) is 12.2. The van der Waals surface area contributed by atoms with Crippen LogP contribution < -0.4 is 5.32 Å². The van der Waals surface area contributed by atoms with Crippen LogP contribution in [0, 0.1) is 23.2 Å². The highest BCUT2D eigenvalue weighted by molar-refractivity contribution is 5.32. The van der Waals surface area contributed by atoms with Gasteiger partial charge in [-0.1, -0.05) is 26.0 Å². The molecule has 0 aromatic heterocycles. The average molecular weight is 256 g/mol. The molecule has 2 heteroatoms. The first kappa shape index (κ1) is 14.1. The Morgan fingerprint density at radius 1 is 1.16 bits per heavy atom. The largest absolute Gasteiger partial charge is 0.307 e. The molecule has 4 atom stereocenters. The molecule has 1 aliphatic rings. The lowest BCUT2D eigenvalue weighted by Gasteiger charge is -2.34. The fourth-order valence-corrected chi connectivity index (χ4v) is 3.00. The molecule has 4 unspecified atom stereocenters. The Morgan fingerprint density at radius 2 is 1.84 bits per heavy atom. The maximum atomic E-state index is 8.82. The van der Waals surface area contributed by atoms with E-state index in [4.69, 9.17) is 5.26 Å². The van der Waals surface area contributed by atoms with Crippen LogP contribution in [-0.2, 0) is 0 Å². The van der Waals surface area contributed by atoms with Gasteiger partial charge in [-0.2, -0.15) is 5.26 Å². The van der Waals surface area contributed by atoms with E-state index in [9.17, 15) is 0 Å². The van der Waals surface area contributed by atoms with Crippen molar-refractivity contribution in [3.8, 4) is 6.07 Å². The summed E-state index contributed by atoms with van der Waals surface area (Å²) in [5, 5.41) is 12.6. The van der Waals surface area contributed by atoms with Gasteiger partial charge in [-0.25, -0.2) is 0 Å². The molecule has 1 aliphatic carbocycles. The van der Waals surface area contributed by atoms with E-state index in [0.29, 0.717) is 12.1 Å². The van der Waals surface area contributed by atoms with Crippen molar-refractivity contribution in [3.05, 3.63) is 35.4 Å². The van der Waals surface area contributed by atoms with Crippen molar-refractivity contribution in [1.29, 1.82) is 5.26 Å². The molecule has 102 valence electrons. The van der Waals surface area contributed by atoms with Gasteiger partial charge in [0, 0.05) is 12.1 Å². The smallest absolute Gasteiger partial charge is 0.0991 e. The van der Waals surface area contributed by atoms with E-state index in [1.54, 1.807) is 0 Å². The molecule has 1 saturated carbocycles. The second-order valence-electron chi connectivity index (χ2n) is 6.09. The minimum atomic E-state index is 0.360. The summed E-state index contributed by atoms with van der Waals surface area (Å²) in [7, 11) is 0. The van der Waals surface area contributed by atoms with Crippen molar-refractivity contribution in [2.75, 3.05) is 0 Å². The van der Waals surface area contributed by atoms with Crippen LogP contribution in [0.25, 0.3) is 0 Å². The lowest BCUT2D eigenvalue weighted by Crippen LogP contribution is -2.37. The molecular formula is C17H24N2. The van der Waals surface area contributed by atoms with E-state index < -0.39 is 0 Å². The molecule has 1 fully saturated rings. The van der Waals surface area contributed by atoms with Gasteiger partial charge in [0.05, 0.1) is 11.6 Å². The molecule has 0 radical (unpaired) electrons. The van der Waals surface area contributed by atoms with Crippen molar-refractivity contribution >= 4 is 0 Å². The topological polar surface area (TPSA) is 35.8 Å². The van der Waals surface area contributed by atoms with E-state index in [1.165, 1.54) is 24.8 Å². The van der Waals surface area contributed by atoms with Gasteiger partial charge in [0.15, 0.2) is 0 Å². The summed E-state index contributed by atoms with van der Waals surface area (Å²) in [6, 6.07) is 11.1. The van der Waals surface area contributed by atoms with Crippen LogP contribution in [-0.4, -0.2) is 6.04 Å². The molecule has 1 aromatic rings. The van der Waals surface area contributed by atoms with Crippen LogP contribution in [0.4, 0.5) is 0 Å². The molecule has 2 nitrogen and oxygen atoms in total. The van der Waals surface area contributed by atoms with Crippen LogP contribution >= 0.6 is 0 Å². The second kappa shape index (κ2) is 6.21. The molecule has 1 aromatic carbocycles. The van der Waals surface area contributed by atoms with E-state index in [0.717, 1.165) is 17.4 Å². The van der Waals surface area contributed by atoms with Crippen LogP contribution in [0.15, 0.2) is 24.3 Å². The molecule has 0 aliphatic heterocycles. The molecule has 0 saturated heterocycles. The Labute approximate surface area is 116 Å². The summed E-state index contributed by atoms with van der Waals surface area (Å²) in [6.45, 7) is 6.94. The summed E-state index contributed by atoms with van der Waals surface area (Å²) in [6.07, 6.45) is 3.90. The van der Waals surface area contributed by atoms with Crippen molar-refractivity contribution in [2.24, 2.45) is 11.8 Å². The minimum Gasteiger partial charge on any atom is -0.307 e. The highest BCUT2D eigenvalue weighted by Crippen LogP contribution is 2.30.